The summed E-state index contributed by atoms with van der Waals surface area (Å²) in [6.07, 6.45) is 8.91. The molecule has 0 aliphatic heterocycles. The highest BCUT2D eigenvalue weighted by molar-refractivity contribution is 7.98. The lowest BCUT2D eigenvalue weighted by atomic mass is 9.94. The molecule has 2 N–H and O–H groups in total. The van der Waals surface area contributed by atoms with E-state index >= 15 is 0 Å². The zero-order valence-corrected chi connectivity index (χ0v) is 22.4. The molecule has 194 valence electrons. The van der Waals surface area contributed by atoms with E-state index in [1.165, 1.54) is 6.42 Å². The molecule has 0 bridgehead atoms. The molecule has 1 aromatic rings. The van der Waals surface area contributed by atoms with Gasteiger partial charge in [0.25, 0.3) is 0 Å². The first-order valence-corrected chi connectivity index (χ1v) is 14.2. The Kier molecular flexibility index (Phi) is 9.89. The molecule has 2 unspecified atom stereocenters. The van der Waals surface area contributed by atoms with Gasteiger partial charge in [0.15, 0.2) is 0 Å². The summed E-state index contributed by atoms with van der Waals surface area (Å²) in [7, 11) is 0. The first kappa shape index (κ1) is 27.4. The van der Waals surface area contributed by atoms with Gasteiger partial charge in [-0.05, 0) is 70.4 Å². The van der Waals surface area contributed by atoms with Crippen molar-refractivity contribution in [2.75, 3.05) is 12.0 Å². The van der Waals surface area contributed by atoms with Crippen LogP contribution in [0.2, 0.25) is 0 Å². The van der Waals surface area contributed by atoms with Gasteiger partial charge >= 0.3 is 6.09 Å². The molecule has 0 heterocycles. The van der Waals surface area contributed by atoms with Gasteiger partial charge in [-0.2, -0.15) is 11.8 Å². The van der Waals surface area contributed by atoms with Gasteiger partial charge in [0.05, 0.1) is 0 Å². The van der Waals surface area contributed by atoms with Gasteiger partial charge < -0.3 is 20.3 Å². The molecule has 0 spiro atoms. The van der Waals surface area contributed by atoms with E-state index in [4.69, 9.17) is 4.74 Å². The normalized spacial score (nSPS) is 18.3. The molecule has 3 amide bonds. The fourth-order valence-electron chi connectivity index (χ4n) is 4.59. The number of carbonyl (C=O) groups excluding carboxylic acids is 3. The van der Waals surface area contributed by atoms with Crippen molar-refractivity contribution in [1.29, 1.82) is 0 Å². The molecule has 0 saturated heterocycles. The van der Waals surface area contributed by atoms with Crippen LogP contribution in [-0.2, 0) is 14.3 Å². The SMILES string of the molecule is CSCCC(NC(=O)OC(C)(C)C)C(=O)N(C1CC1)C(C(=O)NC1CCCCC1)c1ccccc1. The number of nitrogens with one attached hydrogen (secondary N) is 2. The molecule has 3 rings (SSSR count). The molecular formula is C27H41N3O4S. The zero-order valence-electron chi connectivity index (χ0n) is 21.5. The van der Waals surface area contributed by atoms with Gasteiger partial charge in [0.1, 0.15) is 17.7 Å². The second kappa shape index (κ2) is 12.7. The van der Waals surface area contributed by atoms with E-state index in [0.717, 1.165) is 44.1 Å². The van der Waals surface area contributed by atoms with Crippen molar-refractivity contribution in [3.63, 3.8) is 0 Å². The number of ether oxygens (including phenoxy) is 1. The molecule has 8 heteroatoms. The Morgan fingerprint density at radius 2 is 1.71 bits per heavy atom. The van der Waals surface area contributed by atoms with Crippen molar-refractivity contribution in [2.45, 2.75) is 102 Å². The van der Waals surface area contributed by atoms with Crippen LogP contribution in [0, 0.1) is 0 Å². The maximum absolute atomic E-state index is 14.0. The minimum atomic E-state index is -0.758. The average Bonchev–Trinajstić information content (AvgIpc) is 3.64. The van der Waals surface area contributed by atoms with Crippen molar-refractivity contribution in [1.82, 2.24) is 15.5 Å². The molecule has 0 aromatic heterocycles. The van der Waals surface area contributed by atoms with E-state index < -0.39 is 23.8 Å². The molecule has 1 aromatic carbocycles. The summed E-state index contributed by atoms with van der Waals surface area (Å²) in [4.78, 5) is 42.0. The minimum absolute atomic E-state index is 0.0120. The van der Waals surface area contributed by atoms with Crippen LogP contribution in [0.4, 0.5) is 4.79 Å². The maximum Gasteiger partial charge on any atom is 0.408 e. The van der Waals surface area contributed by atoms with E-state index in [0.29, 0.717) is 12.2 Å². The van der Waals surface area contributed by atoms with Gasteiger partial charge in [0.2, 0.25) is 11.8 Å². The number of hydrogen-bond acceptors (Lipinski definition) is 5. The number of rotatable bonds is 10. The fourth-order valence-corrected chi connectivity index (χ4v) is 5.07. The number of thioether (sulfide) groups is 1. The Labute approximate surface area is 214 Å². The van der Waals surface area contributed by atoms with Crippen LogP contribution < -0.4 is 10.6 Å². The highest BCUT2D eigenvalue weighted by Crippen LogP contribution is 2.36. The van der Waals surface area contributed by atoms with Crippen LogP contribution in [0.3, 0.4) is 0 Å². The van der Waals surface area contributed by atoms with Gasteiger partial charge in [-0.25, -0.2) is 4.79 Å². The third-order valence-corrected chi connectivity index (χ3v) is 7.03. The van der Waals surface area contributed by atoms with Crippen molar-refractivity contribution in [3.8, 4) is 0 Å². The number of hydrogen-bond donors (Lipinski definition) is 2. The Morgan fingerprint density at radius 3 is 2.29 bits per heavy atom. The van der Waals surface area contributed by atoms with E-state index in [1.54, 1.807) is 37.4 Å². The Balaban J connectivity index is 1.87. The maximum atomic E-state index is 14.0. The van der Waals surface area contributed by atoms with Crippen molar-refractivity contribution in [3.05, 3.63) is 35.9 Å². The average molecular weight is 504 g/mol. The Bertz CT molecular complexity index is 848. The summed E-state index contributed by atoms with van der Waals surface area (Å²) in [5.41, 5.74) is 0.127. The summed E-state index contributed by atoms with van der Waals surface area (Å²) in [6.45, 7) is 5.38. The lowest BCUT2D eigenvalue weighted by Crippen LogP contribution is -2.54. The van der Waals surface area contributed by atoms with E-state index in [-0.39, 0.29) is 23.9 Å². The van der Waals surface area contributed by atoms with E-state index in [9.17, 15) is 14.4 Å². The molecule has 0 radical (unpaired) electrons. The number of benzene rings is 1. The van der Waals surface area contributed by atoms with Crippen LogP contribution in [0.15, 0.2) is 30.3 Å². The molecule has 2 atom stereocenters. The monoisotopic (exact) mass is 503 g/mol. The number of carbonyl (C=O) groups is 3. The Hall–Kier alpha value is -2.22. The highest BCUT2D eigenvalue weighted by atomic mass is 32.2. The van der Waals surface area contributed by atoms with Crippen molar-refractivity contribution >= 4 is 29.7 Å². The van der Waals surface area contributed by atoms with Crippen LogP contribution in [0.1, 0.15) is 83.7 Å². The van der Waals surface area contributed by atoms with Crippen molar-refractivity contribution in [2.24, 2.45) is 0 Å². The lowest BCUT2D eigenvalue weighted by Gasteiger charge is -2.36. The molecule has 2 aliphatic carbocycles. The van der Waals surface area contributed by atoms with Crippen LogP contribution >= 0.6 is 11.8 Å². The number of alkyl carbamates (subject to hydrolysis) is 1. The molecular weight excluding hydrogens is 462 g/mol. The standard InChI is InChI=1S/C27H41N3O4S/c1-27(2,3)34-26(33)29-22(17-18-35-4)25(32)30(21-15-16-21)23(19-11-7-5-8-12-19)24(31)28-20-13-9-6-10-14-20/h5,7-8,11-12,20-23H,6,9-10,13-18H2,1-4H3,(H,28,31)(H,29,33). The quantitative estimate of drug-likeness (QED) is 0.478. The fraction of sp³-hybridized carbons (Fsp3) is 0.667. The molecule has 2 fully saturated rings. The summed E-state index contributed by atoms with van der Waals surface area (Å²) < 4.78 is 5.44. The minimum Gasteiger partial charge on any atom is -0.444 e. The van der Waals surface area contributed by atoms with Gasteiger partial charge in [-0.15, -0.1) is 0 Å². The molecule has 2 saturated carbocycles. The van der Waals surface area contributed by atoms with Crippen LogP contribution in [-0.4, -0.2) is 58.5 Å². The topological polar surface area (TPSA) is 87.7 Å². The predicted molar refractivity (Wildman–Crippen MR) is 140 cm³/mol. The first-order valence-electron chi connectivity index (χ1n) is 12.9. The third-order valence-electron chi connectivity index (χ3n) is 6.39. The van der Waals surface area contributed by atoms with Crippen molar-refractivity contribution < 1.29 is 19.1 Å². The lowest BCUT2D eigenvalue weighted by molar-refractivity contribution is -0.143. The number of nitrogens with zero attached hydrogens (tertiary/aromatic N) is 1. The Morgan fingerprint density at radius 1 is 1.06 bits per heavy atom. The van der Waals surface area contributed by atoms with E-state index in [1.807, 2.05) is 36.6 Å². The van der Waals surface area contributed by atoms with Crippen LogP contribution in [0.5, 0.6) is 0 Å². The largest absolute Gasteiger partial charge is 0.444 e. The second-order valence-electron chi connectivity index (χ2n) is 10.6. The van der Waals surface area contributed by atoms with Gasteiger partial charge in [-0.1, -0.05) is 49.6 Å². The number of amides is 3. The molecule has 7 nitrogen and oxygen atoms in total. The van der Waals surface area contributed by atoms with Gasteiger partial charge in [-0.3, -0.25) is 9.59 Å². The summed E-state index contributed by atoms with van der Waals surface area (Å²) in [6, 6.07) is 8.17. The second-order valence-corrected chi connectivity index (χ2v) is 11.6. The van der Waals surface area contributed by atoms with Gasteiger partial charge in [0, 0.05) is 12.1 Å². The smallest absolute Gasteiger partial charge is 0.408 e. The zero-order chi connectivity index (χ0) is 25.4. The highest BCUT2D eigenvalue weighted by Gasteiger charge is 2.44. The molecule has 2 aliphatic rings. The van der Waals surface area contributed by atoms with E-state index in [2.05, 4.69) is 10.6 Å². The molecule has 35 heavy (non-hydrogen) atoms. The predicted octanol–water partition coefficient (Wildman–Crippen LogP) is 4.81. The summed E-state index contributed by atoms with van der Waals surface area (Å²) >= 11 is 1.62. The first-order chi connectivity index (χ1) is 16.7. The summed E-state index contributed by atoms with van der Waals surface area (Å²) in [5.74, 6) is 0.346. The third kappa shape index (κ3) is 8.44. The summed E-state index contributed by atoms with van der Waals surface area (Å²) in [5, 5.41) is 6.04. The van der Waals surface area contributed by atoms with Crippen LogP contribution in [0.25, 0.3) is 0 Å².